The van der Waals surface area contributed by atoms with Crippen molar-refractivity contribution in [3.63, 3.8) is 0 Å². The lowest BCUT2D eigenvalue weighted by molar-refractivity contribution is 0.0992. The SMILES string of the molecule is C=CCCOCCNCC(O)COc1ccccc1C#N. The number of ether oxygens (including phenoxy) is 2. The molecule has 0 aliphatic heterocycles. The van der Waals surface area contributed by atoms with Crippen molar-refractivity contribution in [3.8, 4) is 11.8 Å². The predicted octanol–water partition coefficient (Wildman–Crippen LogP) is 1.48. The molecule has 5 nitrogen and oxygen atoms in total. The summed E-state index contributed by atoms with van der Waals surface area (Å²) in [5.41, 5.74) is 0.466. The number of rotatable bonds is 11. The number of nitrogens with one attached hydrogen (secondary N) is 1. The van der Waals surface area contributed by atoms with Crippen molar-refractivity contribution in [3.05, 3.63) is 42.5 Å². The van der Waals surface area contributed by atoms with E-state index in [9.17, 15) is 5.11 Å². The molecule has 0 bridgehead atoms. The monoisotopic (exact) mass is 290 g/mol. The summed E-state index contributed by atoms with van der Waals surface area (Å²) in [5.74, 6) is 0.492. The number of hydrogen-bond donors (Lipinski definition) is 2. The van der Waals surface area contributed by atoms with Crippen molar-refractivity contribution in [2.24, 2.45) is 0 Å². The van der Waals surface area contributed by atoms with Crippen molar-refractivity contribution in [1.29, 1.82) is 5.26 Å². The molecule has 114 valence electrons. The molecule has 1 unspecified atom stereocenters. The molecule has 0 aliphatic carbocycles. The maximum absolute atomic E-state index is 9.79. The number of nitrogens with zero attached hydrogens (tertiary/aromatic N) is 1. The van der Waals surface area contributed by atoms with Crippen LogP contribution in [0.1, 0.15) is 12.0 Å². The Morgan fingerprint density at radius 2 is 2.19 bits per heavy atom. The fraction of sp³-hybridized carbons (Fsp3) is 0.438. The summed E-state index contributed by atoms with van der Waals surface area (Å²) in [6, 6.07) is 9.01. The van der Waals surface area contributed by atoms with E-state index < -0.39 is 6.10 Å². The highest BCUT2D eigenvalue weighted by atomic mass is 16.5. The highest BCUT2D eigenvalue weighted by Gasteiger charge is 2.07. The smallest absolute Gasteiger partial charge is 0.137 e. The maximum Gasteiger partial charge on any atom is 0.137 e. The van der Waals surface area contributed by atoms with E-state index in [0.29, 0.717) is 37.6 Å². The Labute approximate surface area is 125 Å². The van der Waals surface area contributed by atoms with Crippen LogP contribution in [0.2, 0.25) is 0 Å². The van der Waals surface area contributed by atoms with Crippen LogP contribution in [0.15, 0.2) is 36.9 Å². The predicted molar refractivity (Wildman–Crippen MR) is 81.2 cm³/mol. The van der Waals surface area contributed by atoms with E-state index in [-0.39, 0.29) is 6.61 Å². The molecule has 1 aromatic carbocycles. The van der Waals surface area contributed by atoms with Crippen LogP contribution < -0.4 is 10.1 Å². The second kappa shape index (κ2) is 10.9. The van der Waals surface area contributed by atoms with Crippen LogP contribution in [0.5, 0.6) is 5.75 Å². The summed E-state index contributed by atoms with van der Waals surface area (Å²) in [6.07, 6.45) is 2.02. The first-order valence-corrected chi connectivity index (χ1v) is 6.97. The molecule has 0 heterocycles. The lowest BCUT2D eigenvalue weighted by Crippen LogP contribution is -2.33. The standard InChI is InChI=1S/C16H22N2O3/c1-2-3-9-20-10-8-18-12-15(19)13-21-16-7-5-4-6-14(16)11-17/h2,4-7,15,18-19H,1,3,8-10,12-13H2. The summed E-state index contributed by atoms with van der Waals surface area (Å²) in [6.45, 7) is 6.10. The molecule has 0 spiro atoms. The van der Waals surface area contributed by atoms with E-state index in [1.165, 1.54) is 0 Å². The third kappa shape index (κ3) is 7.47. The van der Waals surface area contributed by atoms with Crippen molar-refractivity contribution in [2.45, 2.75) is 12.5 Å². The van der Waals surface area contributed by atoms with E-state index in [4.69, 9.17) is 14.7 Å². The summed E-state index contributed by atoms with van der Waals surface area (Å²) < 4.78 is 10.8. The van der Waals surface area contributed by atoms with Gasteiger partial charge in [-0.2, -0.15) is 5.26 Å². The van der Waals surface area contributed by atoms with Crippen LogP contribution >= 0.6 is 0 Å². The van der Waals surface area contributed by atoms with Crippen molar-refractivity contribution < 1.29 is 14.6 Å². The number of aliphatic hydroxyl groups excluding tert-OH is 1. The van der Waals surface area contributed by atoms with Crippen LogP contribution in [0, 0.1) is 11.3 Å². The van der Waals surface area contributed by atoms with Crippen molar-refractivity contribution in [2.75, 3.05) is 32.9 Å². The molecule has 1 rings (SSSR count). The molecule has 0 aromatic heterocycles. The highest BCUT2D eigenvalue weighted by molar-refractivity contribution is 5.42. The lowest BCUT2D eigenvalue weighted by Gasteiger charge is -2.14. The second-order valence-corrected chi connectivity index (χ2v) is 4.47. The Morgan fingerprint density at radius 3 is 2.95 bits per heavy atom. The molecule has 1 aromatic rings. The molecule has 1 atom stereocenters. The lowest BCUT2D eigenvalue weighted by atomic mass is 10.2. The fourth-order valence-corrected chi connectivity index (χ4v) is 1.61. The number of benzene rings is 1. The van der Waals surface area contributed by atoms with Gasteiger partial charge in [-0.1, -0.05) is 18.2 Å². The van der Waals surface area contributed by atoms with E-state index >= 15 is 0 Å². The van der Waals surface area contributed by atoms with Gasteiger partial charge in [0.25, 0.3) is 0 Å². The van der Waals surface area contributed by atoms with Gasteiger partial charge in [-0.3, -0.25) is 0 Å². The topological polar surface area (TPSA) is 74.5 Å². The van der Waals surface area contributed by atoms with Gasteiger partial charge in [0.2, 0.25) is 0 Å². The summed E-state index contributed by atoms with van der Waals surface area (Å²) >= 11 is 0. The summed E-state index contributed by atoms with van der Waals surface area (Å²) in [5, 5.41) is 21.8. The van der Waals surface area contributed by atoms with Crippen LogP contribution in [0.25, 0.3) is 0 Å². The largest absolute Gasteiger partial charge is 0.489 e. The van der Waals surface area contributed by atoms with Crippen LogP contribution in [0.3, 0.4) is 0 Å². The van der Waals surface area contributed by atoms with E-state index in [0.717, 1.165) is 6.42 Å². The Kier molecular flexibility index (Phi) is 8.89. The van der Waals surface area contributed by atoms with Gasteiger partial charge < -0.3 is 19.9 Å². The zero-order chi connectivity index (χ0) is 15.3. The van der Waals surface area contributed by atoms with Crippen LogP contribution in [-0.4, -0.2) is 44.1 Å². The van der Waals surface area contributed by atoms with Crippen LogP contribution in [0.4, 0.5) is 0 Å². The quantitative estimate of drug-likeness (QED) is 0.477. The maximum atomic E-state index is 9.79. The molecule has 0 aliphatic rings. The summed E-state index contributed by atoms with van der Waals surface area (Å²) in [4.78, 5) is 0. The first-order chi connectivity index (χ1) is 10.3. The van der Waals surface area contributed by atoms with E-state index in [1.54, 1.807) is 24.3 Å². The molecule has 0 radical (unpaired) electrons. The first kappa shape index (κ1) is 17.2. The third-order valence-corrected chi connectivity index (χ3v) is 2.71. The van der Waals surface area contributed by atoms with Gasteiger partial charge in [0, 0.05) is 13.1 Å². The average molecular weight is 290 g/mol. The van der Waals surface area contributed by atoms with Gasteiger partial charge in [-0.15, -0.1) is 6.58 Å². The van der Waals surface area contributed by atoms with Gasteiger partial charge >= 0.3 is 0 Å². The molecule has 0 saturated heterocycles. The third-order valence-electron chi connectivity index (χ3n) is 2.71. The number of para-hydroxylation sites is 1. The van der Waals surface area contributed by atoms with Crippen molar-refractivity contribution in [1.82, 2.24) is 5.32 Å². The average Bonchev–Trinajstić information content (AvgIpc) is 2.52. The summed E-state index contributed by atoms with van der Waals surface area (Å²) in [7, 11) is 0. The molecule has 21 heavy (non-hydrogen) atoms. The second-order valence-electron chi connectivity index (χ2n) is 4.47. The number of hydrogen-bond acceptors (Lipinski definition) is 5. The fourth-order valence-electron chi connectivity index (χ4n) is 1.61. The van der Waals surface area contributed by atoms with E-state index in [2.05, 4.69) is 18.0 Å². The zero-order valence-corrected chi connectivity index (χ0v) is 12.1. The Morgan fingerprint density at radius 1 is 1.38 bits per heavy atom. The van der Waals surface area contributed by atoms with E-state index in [1.807, 2.05) is 6.08 Å². The Balaban J connectivity index is 2.12. The van der Waals surface area contributed by atoms with Crippen LogP contribution in [-0.2, 0) is 4.74 Å². The Bertz CT molecular complexity index is 457. The highest BCUT2D eigenvalue weighted by Crippen LogP contribution is 2.16. The molecule has 0 saturated carbocycles. The van der Waals surface area contributed by atoms with Gasteiger partial charge in [-0.05, 0) is 18.6 Å². The molecular formula is C16H22N2O3. The molecule has 0 fully saturated rings. The minimum Gasteiger partial charge on any atom is -0.489 e. The molecule has 2 N–H and O–H groups in total. The van der Waals surface area contributed by atoms with Gasteiger partial charge in [0.15, 0.2) is 0 Å². The molecule has 0 amide bonds. The van der Waals surface area contributed by atoms with Crippen molar-refractivity contribution >= 4 is 0 Å². The first-order valence-electron chi connectivity index (χ1n) is 6.97. The number of aliphatic hydroxyl groups is 1. The zero-order valence-electron chi connectivity index (χ0n) is 12.1. The minimum absolute atomic E-state index is 0.142. The number of nitriles is 1. The van der Waals surface area contributed by atoms with Gasteiger partial charge in [0.1, 0.15) is 24.5 Å². The Hall–Kier alpha value is -1.87. The normalized spacial score (nSPS) is 11.6. The molecule has 5 heteroatoms. The minimum atomic E-state index is -0.634. The van der Waals surface area contributed by atoms with Gasteiger partial charge in [0.05, 0.1) is 18.8 Å². The molecular weight excluding hydrogens is 268 g/mol. The van der Waals surface area contributed by atoms with Gasteiger partial charge in [-0.25, -0.2) is 0 Å².